The third-order valence-electron chi connectivity index (χ3n) is 1.88. The van der Waals surface area contributed by atoms with Gasteiger partial charge in [-0.2, -0.15) is 0 Å². The zero-order valence-corrected chi connectivity index (χ0v) is 9.04. The predicted molar refractivity (Wildman–Crippen MR) is 63.2 cm³/mol. The van der Waals surface area contributed by atoms with Crippen molar-refractivity contribution in [3.8, 4) is 16.5 Å². The Hall–Kier alpha value is -1.61. The van der Waals surface area contributed by atoms with Gasteiger partial charge in [0.15, 0.2) is 0 Å². The van der Waals surface area contributed by atoms with Crippen LogP contribution in [0.25, 0.3) is 11.3 Å². The summed E-state index contributed by atoms with van der Waals surface area (Å²) in [6.45, 7) is 4.09. The highest BCUT2D eigenvalue weighted by Crippen LogP contribution is 2.25. The number of rotatable bonds is 4. The van der Waals surface area contributed by atoms with Gasteiger partial charge in [0.2, 0.25) is 0 Å². The molecule has 1 aromatic carbocycles. The quantitative estimate of drug-likeness (QED) is 0.732. The van der Waals surface area contributed by atoms with Crippen LogP contribution in [0.15, 0.2) is 48.4 Å². The van der Waals surface area contributed by atoms with Gasteiger partial charge in [-0.05, 0) is 0 Å². The maximum Gasteiger partial charge on any atom is 0.274 e. The molecule has 0 N–H and O–H groups in total. The largest absolute Gasteiger partial charge is 0.466 e. The average Bonchev–Trinajstić information content (AvgIpc) is 2.76. The van der Waals surface area contributed by atoms with E-state index in [1.54, 1.807) is 6.08 Å². The minimum atomic E-state index is 0.502. The molecule has 15 heavy (non-hydrogen) atoms. The molecule has 76 valence electrons. The van der Waals surface area contributed by atoms with E-state index in [4.69, 9.17) is 4.74 Å². The molecule has 0 saturated carbocycles. The van der Waals surface area contributed by atoms with Crippen LogP contribution in [-0.4, -0.2) is 11.6 Å². The second kappa shape index (κ2) is 4.75. The van der Waals surface area contributed by atoms with Gasteiger partial charge in [-0.3, -0.25) is 0 Å². The summed E-state index contributed by atoms with van der Waals surface area (Å²) in [5.41, 5.74) is 2.07. The molecule has 0 saturated heterocycles. The van der Waals surface area contributed by atoms with E-state index in [1.807, 2.05) is 35.7 Å². The summed E-state index contributed by atoms with van der Waals surface area (Å²) in [6.07, 6.45) is 1.71. The van der Waals surface area contributed by atoms with Gasteiger partial charge in [0.1, 0.15) is 6.61 Å². The molecular formula is C12H11NOS. The Balaban J connectivity index is 2.17. The first-order valence-electron chi connectivity index (χ1n) is 4.65. The average molecular weight is 217 g/mol. The lowest BCUT2D eigenvalue weighted by molar-refractivity contribution is 0.361. The molecule has 0 fully saturated rings. The van der Waals surface area contributed by atoms with Gasteiger partial charge < -0.3 is 4.74 Å². The summed E-state index contributed by atoms with van der Waals surface area (Å²) in [6, 6.07) is 10.1. The van der Waals surface area contributed by atoms with E-state index in [0.717, 1.165) is 11.3 Å². The molecule has 0 atom stereocenters. The Morgan fingerprint density at radius 1 is 1.33 bits per heavy atom. The van der Waals surface area contributed by atoms with E-state index >= 15 is 0 Å². The third kappa shape index (κ3) is 2.44. The molecular weight excluding hydrogens is 206 g/mol. The van der Waals surface area contributed by atoms with Gasteiger partial charge in [-0.15, -0.1) is 0 Å². The Morgan fingerprint density at radius 3 is 2.87 bits per heavy atom. The molecule has 0 spiro atoms. The van der Waals surface area contributed by atoms with Crippen LogP contribution in [0.5, 0.6) is 5.19 Å². The Morgan fingerprint density at radius 2 is 2.13 bits per heavy atom. The molecule has 0 aliphatic rings. The van der Waals surface area contributed by atoms with Crippen LogP contribution in [0.3, 0.4) is 0 Å². The van der Waals surface area contributed by atoms with Crippen LogP contribution in [-0.2, 0) is 0 Å². The van der Waals surface area contributed by atoms with Crippen LogP contribution in [0, 0.1) is 0 Å². The Kier molecular flexibility index (Phi) is 3.15. The van der Waals surface area contributed by atoms with E-state index in [1.165, 1.54) is 11.3 Å². The zero-order chi connectivity index (χ0) is 10.5. The summed E-state index contributed by atoms with van der Waals surface area (Å²) in [5, 5.41) is 2.68. The maximum atomic E-state index is 5.35. The lowest BCUT2D eigenvalue weighted by Gasteiger charge is -1.96. The Bertz CT molecular complexity index is 436. The van der Waals surface area contributed by atoms with Gasteiger partial charge in [-0.1, -0.05) is 54.3 Å². The van der Waals surface area contributed by atoms with Gasteiger partial charge in [0.25, 0.3) is 5.19 Å². The first kappa shape index (κ1) is 9.93. The van der Waals surface area contributed by atoms with Gasteiger partial charge >= 0.3 is 0 Å². The summed E-state index contributed by atoms with van der Waals surface area (Å²) in [5.74, 6) is 0. The SMILES string of the molecule is C=CCOc1nc(-c2ccccc2)cs1. The Labute approximate surface area is 92.9 Å². The number of thiazole rings is 1. The van der Waals surface area contributed by atoms with Gasteiger partial charge in [0, 0.05) is 10.9 Å². The van der Waals surface area contributed by atoms with Crippen LogP contribution in [0.1, 0.15) is 0 Å². The zero-order valence-electron chi connectivity index (χ0n) is 8.22. The van der Waals surface area contributed by atoms with Crippen molar-refractivity contribution in [1.82, 2.24) is 4.98 Å². The number of hydrogen-bond acceptors (Lipinski definition) is 3. The summed E-state index contributed by atoms with van der Waals surface area (Å²) < 4.78 is 5.35. The number of aromatic nitrogens is 1. The standard InChI is InChI=1S/C12H11NOS/c1-2-8-14-12-13-11(9-15-12)10-6-4-3-5-7-10/h2-7,9H,1,8H2. The molecule has 0 aliphatic carbocycles. The molecule has 1 heterocycles. The smallest absolute Gasteiger partial charge is 0.274 e. The van der Waals surface area contributed by atoms with E-state index < -0.39 is 0 Å². The van der Waals surface area contributed by atoms with Crippen LogP contribution in [0.2, 0.25) is 0 Å². The van der Waals surface area contributed by atoms with Crippen molar-refractivity contribution in [2.24, 2.45) is 0 Å². The fourth-order valence-corrected chi connectivity index (χ4v) is 1.88. The molecule has 3 heteroatoms. The second-order valence-electron chi connectivity index (χ2n) is 2.96. The van der Waals surface area contributed by atoms with Crippen molar-refractivity contribution in [1.29, 1.82) is 0 Å². The molecule has 2 nitrogen and oxygen atoms in total. The normalized spacial score (nSPS) is 9.87. The molecule has 0 aliphatic heterocycles. The monoisotopic (exact) mass is 217 g/mol. The molecule has 0 radical (unpaired) electrons. The van der Waals surface area contributed by atoms with Crippen molar-refractivity contribution in [3.63, 3.8) is 0 Å². The molecule has 0 amide bonds. The molecule has 1 aromatic heterocycles. The predicted octanol–water partition coefficient (Wildman–Crippen LogP) is 3.37. The fraction of sp³-hybridized carbons (Fsp3) is 0.0833. The first-order chi connectivity index (χ1) is 7.40. The van der Waals surface area contributed by atoms with Crippen molar-refractivity contribution in [3.05, 3.63) is 48.4 Å². The van der Waals surface area contributed by atoms with Crippen LogP contribution >= 0.6 is 11.3 Å². The molecule has 0 bridgehead atoms. The fourth-order valence-electron chi connectivity index (χ4n) is 1.20. The van der Waals surface area contributed by atoms with Gasteiger partial charge in [0.05, 0.1) is 5.69 Å². The van der Waals surface area contributed by atoms with Gasteiger partial charge in [-0.25, -0.2) is 4.98 Å². The van der Waals surface area contributed by atoms with Crippen LogP contribution in [0.4, 0.5) is 0 Å². The number of benzene rings is 1. The lowest BCUT2D eigenvalue weighted by Crippen LogP contribution is -1.91. The number of nitrogens with zero attached hydrogens (tertiary/aromatic N) is 1. The topological polar surface area (TPSA) is 22.1 Å². The lowest BCUT2D eigenvalue weighted by atomic mass is 10.2. The minimum absolute atomic E-state index is 0.502. The third-order valence-corrected chi connectivity index (χ3v) is 2.63. The van der Waals surface area contributed by atoms with Crippen molar-refractivity contribution >= 4 is 11.3 Å². The summed E-state index contributed by atoms with van der Waals surface area (Å²) in [4.78, 5) is 4.37. The van der Waals surface area contributed by atoms with Crippen molar-refractivity contribution in [2.45, 2.75) is 0 Å². The first-order valence-corrected chi connectivity index (χ1v) is 5.53. The highest BCUT2D eigenvalue weighted by Gasteiger charge is 2.03. The maximum absolute atomic E-state index is 5.35. The van der Waals surface area contributed by atoms with Crippen molar-refractivity contribution < 1.29 is 4.74 Å². The molecule has 2 aromatic rings. The highest BCUT2D eigenvalue weighted by atomic mass is 32.1. The number of hydrogen-bond donors (Lipinski definition) is 0. The highest BCUT2D eigenvalue weighted by molar-refractivity contribution is 7.11. The van der Waals surface area contributed by atoms with E-state index in [-0.39, 0.29) is 0 Å². The summed E-state index contributed by atoms with van der Waals surface area (Å²) >= 11 is 1.50. The van der Waals surface area contributed by atoms with E-state index in [9.17, 15) is 0 Å². The molecule has 0 unspecified atom stereocenters. The van der Waals surface area contributed by atoms with Crippen molar-refractivity contribution in [2.75, 3.05) is 6.61 Å². The number of ether oxygens (including phenoxy) is 1. The molecule has 2 rings (SSSR count). The van der Waals surface area contributed by atoms with Crippen LogP contribution < -0.4 is 4.74 Å². The minimum Gasteiger partial charge on any atom is -0.466 e. The summed E-state index contributed by atoms with van der Waals surface area (Å²) in [7, 11) is 0. The van der Waals surface area contributed by atoms with E-state index in [2.05, 4.69) is 11.6 Å². The van der Waals surface area contributed by atoms with E-state index in [0.29, 0.717) is 11.8 Å². The second-order valence-corrected chi connectivity index (χ2v) is 3.79.